The summed E-state index contributed by atoms with van der Waals surface area (Å²) in [5.74, 6) is -3.35. The van der Waals surface area contributed by atoms with E-state index in [4.69, 9.17) is 21.1 Å². The second kappa shape index (κ2) is 12.5. The Morgan fingerprint density at radius 3 is 2.50 bits per heavy atom. The van der Waals surface area contributed by atoms with Gasteiger partial charge < -0.3 is 19.9 Å². The van der Waals surface area contributed by atoms with Gasteiger partial charge in [-0.1, -0.05) is 37.6 Å². The standard InChI is InChI=1S/C25H28ClF2NO5/c1-5-34-25(32)18(12-29-21(13-30)14(2)3)24(31)17-10-16(22(33-4)11-20(17)27)9-15-7-6-8-19(26)23(15)28/h6-8,10-12,14,21,29-30H,5,9,13H2,1-4H3/t21-/m1/s1. The van der Waals surface area contributed by atoms with Crippen LogP contribution in [0.5, 0.6) is 5.75 Å². The van der Waals surface area contributed by atoms with Crippen LogP contribution in [0.4, 0.5) is 8.78 Å². The second-order valence-corrected chi connectivity index (χ2v) is 8.25. The zero-order chi connectivity index (χ0) is 25.4. The maximum atomic E-state index is 14.9. The topological polar surface area (TPSA) is 84.9 Å². The fourth-order valence-electron chi connectivity index (χ4n) is 3.21. The van der Waals surface area contributed by atoms with Crippen LogP contribution in [0.2, 0.25) is 5.02 Å². The van der Waals surface area contributed by atoms with E-state index in [1.54, 1.807) is 13.0 Å². The van der Waals surface area contributed by atoms with Gasteiger partial charge in [0.25, 0.3) is 0 Å². The minimum Gasteiger partial charge on any atom is -0.496 e. The molecule has 0 aliphatic heterocycles. The molecule has 2 N–H and O–H groups in total. The van der Waals surface area contributed by atoms with Gasteiger partial charge in [-0.3, -0.25) is 4.79 Å². The van der Waals surface area contributed by atoms with Crippen LogP contribution in [0.15, 0.2) is 42.1 Å². The lowest BCUT2D eigenvalue weighted by molar-refractivity contribution is -0.138. The van der Waals surface area contributed by atoms with Crippen LogP contribution in [0.3, 0.4) is 0 Å². The zero-order valence-electron chi connectivity index (χ0n) is 19.5. The number of rotatable bonds is 11. The van der Waals surface area contributed by atoms with Crippen molar-refractivity contribution in [3.05, 3.63) is 75.5 Å². The van der Waals surface area contributed by atoms with E-state index in [1.807, 2.05) is 13.8 Å². The number of hydrogen-bond donors (Lipinski definition) is 2. The molecule has 0 aromatic heterocycles. The molecule has 0 bridgehead atoms. The molecule has 0 saturated carbocycles. The highest BCUT2D eigenvalue weighted by Crippen LogP contribution is 2.29. The number of carbonyl (C=O) groups is 2. The van der Waals surface area contributed by atoms with Crippen molar-refractivity contribution < 1.29 is 33.0 Å². The first-order chi connectivity index (χ1) is 16.1. The largest absolute Gasteiger partial charge is 0.496 e. The number of hydrogen-bond acceptors (Lipinski definition) is 6. The van der Waals surface area contributed by atoms with Crippen LogP contribution < -0.4 is 10.1 Å². The molecule has 9 heteroatoms. The Labute approximate surface area is 202 Å². The predicted molar refractivity (Wildman–Crippen MR) is 125 cm³/mol. The first-order valence-corrected chi connectivity index (χ1v) is 11.1. The number of aliphatic hydroxyl groups excluding tert-OH is 1. The first-order valence-electron chi connectivity index (χ1n) is 10.7. The lowest BCUT2D eigenvalue weighted by Gasteiger charge is -2.19. The molecule has 0 aliphatic carbocycles. The third kappa shape index (κ3) is 6.55. The Bertz CT molecular complexity index is 1070. The van der Waals surface area contributed by atoms with Gasteiger partial charge in [0.15, 0.2) is 0 Å². The lowest BCUT2D eigenvalue weighted by atomic mass is 9.96. The van der Waals surface area contributed by atoms with Crippen molar-refractivity contribution in [3.63, 3.8) is 0 Å². The third-order valence-electron chi connectivity index (χ3n) is 5.21. The number of ketones is 1. The molecule has 34 heavy (non-hydrogen) atoms. The Hall–Kier alpha value is -2.97. The van der Waals surface area contributed by atoms with E-state index in [0.717, 1.165) is 12.3 Å². The number of benzene rings is 2. The van der Waals surface area contributed by atoms with Crippen LogP contribution in [-0.4, -0.2) is 43.2 Å². The van der Waals surface area contributed by atoms with Gasteiger partial charge in [-0.15, -0.1) is 0 Å². The van der Waals surface area contributed by atoms with Crippen molar-refractivity contribution in [2.24, 2.45) is 5.92 Å². The highest BCUT2D eigenvalue weighted by molar-refractivity contribution is 6.30. The summed E-state index contributed by atoms with van der Waals surface area (Å²) >= 11 is 5.86. The number of aliphatic hydroxyl groups is 1. The van der Waals surface area contributed by atoms with E-state index in [0.29, 0.717) is 5.56 Å². The number of halogens is 3. The molecule has 184 valence electrons. The molecule has 0 radical (unpaired) electrons. The molecular formula is C25H28ClF2NO5. The Kier molecular flexibility index (Phi) is 10.0. The monoisotopic (exact) mass is 495 g/mol. The van der Waals surface area contributed by atoms with Gasteiger partial charge in [0.1, 0.15) is 23.0 Å². The summed E-state index contributed by atoms with van der Waals surface area (Å²) in [6, 6.07) is 6.27. The van der Waals surface area contributed by atoms with Crippen LogP contribution in [0.1, 0.15) is 42.3 Å². The minimum absolute atomic E-state index is 0.00144. The third-order valence-corrected chi connectivity index (χ3v) is 5.50. The van der Waals surface area contributed by atoms with Crippen molar-refractivity contribution in [2.75, 3.05) is 20.3 Å². The van der Waals surface area contributed by atoms with E-state index >= 15 is 0 Å². The molecule has 2 rings (SSSR count). The maximum Gasteiger partial charge on any atom is 0.343 e. The number of esters is 1. The van der Waals surface area contributed by atoms with Crippen molar-refractivity contribution in [3.8, 4) is 5.75 Å². The van der Waals surface area contributed by atoms with Crippen LogP contribution in [0, 0.1) is 17.6 Å². The van der Waals surface area contributed by atoms with Crippen LogP contribution in [0.25, 0.3) is 0 Å². The van der Waals surface area contributed by atoms with Gasteiger partial charge in [0.05, 0.1) is 37.0 Å². The van der Waals surface area contributed by atoms with Crippen molar-refractivity contribution >= 4 is 23.4 Å². The molecule has 0 fully saturated rings. The van der Waals surface area contributed by atoms with Gasteiger partial charge >= 0.3 is 5.97 Å². The summed E-state index contributed by atoms with van der Waals surface area (Å²) in [7, 11) is 1.32. The Morgan fingerprint density at radius 2 is 1.91 bits per heavy atom. The number of methoxy groups -OCH3 is 1. The number of carbonyl (C=O) groups excluding carboxylic acids is 2. The normalized spacial score (nSPS) is 12.4. The quantitative estimate of drug-likeness (QED) is 0.157. The molecule has 0 unspecified atom stereocenters. The Balaban J connectivity index is 2.52. The molecule has 0 heterocycles. The summed E-state index contributed by atoms with van der Waals surface area (Å²) in [5.41, 5.74) is -0.310. The average molecular weight is 496 g/mol. The summed E-state index contributed by atoms with van der Waals surface area (Å²) in [6.45, 7) is 5.02. The zero-order valence-corrected chi connectivity index (χ0v) is 20.2. The second-order valence-electron chi connectivity index (χ2n) is 7.84. The smallest absolute Gasteiger partial charge is 0.343 e. The van der Waals surface area contributed by atoms with E-state index < -0.39 is 40.6 Å². The molecule has 0 aliphatic rings. The SMILES string of the molecule is CCOC(=O)C(=CN[C@H](CO)C(C)C)C(=O)c1cc(Cc2cccc(Cl)c2F)c(OC)cc1F. The summed E-state index contributed by atoms with van der Waals surface area (Å²) in [6.07, 6.45) is 1.09. The van der Waals surface area contributed by atoms with E-state index in [-0.39, 0.29) is 41.9 Å². The lowest BCUT2D eigenvalue weighted by Crippen LogP contribution is -2.34. The van der Waals surface area contributed by atoms with Gasteiger partial charge in [0, 0.05) is 18.7 Å². The number of ether oxygens (including phenoxy) is 2. The van der Waals surface area contributed by atoms with Crippen LogP contribution >= 0.6 is 11.6 Å². The molecule has 1 atom stereocenters. The fourth-order valence-corrected chi connectivity index (χ4v) is 3.40. The summed E-state index contributed by atoms with van der Waals surface area (Å²) < 4.78 is 39.5. The molecule has 0 saturated heterocycles. The highest BCUT2D eigenvalue weighted by atomic mass is 35.5. The van der Waals surface area contributed by atoms with E-state index in [1.165, 1.54) is 25.3 Å². The van der Waals surface area contributed by atoms with Gasteiger partial charge in [-0.2, -0.15) is 0 Å². The molecular weight excluding hydrogens is 468 g/mol. The van der Waals surface area contributed by atoms with Crippen molar-refractivity contribution in [1.29, 1.82) is 0 Å². The van der Waals surface area contributed by atoms with Crippen LogP contribution in [-0.2, 0) is 16.0 Å². The molecule has 2 aromatic carbocycles. The number of nitrogens with one attached hydrogen (secondary N) is 1. The van der Waals surface area contributed by atoms with Gasteiger partial charge in [0.2, 0.25) is 5.78 Å². The Morgan fingerprint density at radius 1 is 1.21 bits per heavy atom. The van der Waals surface area contributed by atoms with E-state index in [2.05, 4.69) is 5.32 Å². The summed E-state index contributed by atoms with van der Waals surface area (Å²) in [5, 5.41) is 12.3. The average Bonchev–Trinajstić information content (AvgIpc) is 2.80. The number of Topliss-reactive ketones (excluding diaryl/α,β-unsaturated/α-hetero) is 1. The van der Waals surface area contributed by atoms with Crippen molar-refractivity contribution in [2.45, 2.75) is 33.2 Å². The molecule has 2 aromatic rings. The molecule has 6 nitrogen and oxygen atoms in total. The highest BCUT2D eigenvalue weighted by Gasteiger charge is 2.26. The summed E-state index contributed by atoms with van der Waals surface area (Å²) in [4.78, 5) is 25.7. The molecule has 0 amide bonds. The molecule has 0 spiro atoms. The van der Waals surface area contributed by atoms with Crippen molar-refractivity contribution in [1.82, 2.24) is 5.32 Å². The van der Waals surface area contributed by atoms with Gasteiger partial charge in [-0.25, -0.2) is 13.6 Å². The minimum atomic E-state index is -0.946. The maximum absolute atomic E-state index is 14.9. The predicted octanol–water partition coefficient (Wildman–Crippen LogP) is 4.45. The van der Waals surface area contributed by atoms with Gasteiger partial charge in [-0.05, 0) is 36.1 Å². The fraction of sp³-hybridized carbons (Fsp3) is 0.360. The van der Waals surface area contributed by atoms with E-state index in [9.17, 15) is 23.5 Å². The first kappa shape index (κ1) is 27.3.